The van der Waals surface area contributed by atoms with Crippen LogP contribution in [0.3, 0.4) is 0 Å². The molecule has 0 aromatic heterocycles. The predicted molar refractivity (Wildman–Crippen MR) is 78.5 cm³/mol. The molecular weight excluding hydrogens is 288 g/mol. The summed E-state index contributed by atoms with van der Waals surface area (Å²) in [6.07, 6.45) is 5.41. The van der Waals surface area contributed by atoms with Gasteiger partial charge in [-0.2, -0.15) is 5.26 Å². The smallest absolute Gasteiger partial charge is 0.100 e. The molecule has 0 bridgehead atoms. The van der Waals surface area contributed by atoms with Crippen LogP contribution in [0.15, 0.2) is 22.7 Å². The normalized spacial score (nSPS) is 23.4. The van der Waals surface area contributed by atoms with E-state index in [1.165, 1.54) is 25.7 Å². The third-order valence-corrected chi connectivity index (χ3v) is 4.48. The SMILES string of the molecule is CC1CCC(CNc2ccc(C#N)c(Br)c2)CC1. The second-order valence-electron chi connectivity index (χ2n) is 5.31. The average molecular weight is 307 g/mol. The zero-order valence-corrected chi connectivity index (χ0v) is 12.3. The lowest BCUT2D eigenvalue weighted by molar-refractivity contribution is 0.300. The van der Waals surface area contributed by atoms with Gasteiger partial charge in [-0.05, 0) is 58.8 Å². The van der Waals surface area contributed by atoms with E-state index in [-0.39, 0.29) is 0 Å². The predicted octanol–water partition coefficient (Wildman–Crippen LogP) is 4.56. The van der Waals surface area contributed by atoms with Crippen LogP contribution in [-0.4, -0.2) is 6.54 Å². The molecule has 18 heavy (non-hydrogen) atoms. The molecule has 0 saturated heterocycles. The Bertz CT molecular complexity index is 442. The van der Waals surface area contributed by atoms with Crippen molar-refractivity contribution in [2.24, 2.45) is 11.8 Å². The largest absolute Gasteiger partial charge is 0.385 e. The number of nitrogens with zero attached hydrogens (tertiary/aromatic N) is 1. The fourth-order valence-corrected chi connectivity index (χ4v) is 2.98. The molecule has 1 aromatic carbocycles. The Morgan fingerprint density at radius 1 is 1.33 bits per heavy atom. The fraction of sp³-hybridized carbons (Fsp3) is 0.533. The molecule has 1 saturated carbocycles. The number of rotatable bonds is 3. The number of nitriles is 1. The van der Waals surface area contributed by atoms with Crippen molar-refractivity contribution in [2.75, 3.05) is 11.9 Å². The van der Waals surface area contributed by atoms with Gasteiger partial charge in [0.05, 0.1) is 5.56 Å². The highest BCUT2D eigenvalue weighted by Crippen LogP contribution is 2.29. The van der Waals surface area contributed by atoms with Crippen LogP contribution in [0.2, 0.25) is 0 Å². The second kappa shape index (κ2) is 6.24. The third kappa shape index (κ3) is 3.49. The van der Waals surface area contributed by atoms with E-state index in [4.69, 9.17) is 5.26 Å². The highest BCUT2D eigenvalue weighted by molar-refractivity contribution is 9.10. The molecule has 2 rings (SSSR count). The maximum Gasteiger partial charge on any atom is 0.100 e. The molecule has 96 valence electrons. The number of hydrogen-bond donors (Lipinski definition) is 1. The van der Waals surface area contributed by atoms with E-state index in [0.29, 0.717) is 5.56 Å². The van der Waals surface area contributed by atoms with E-state index in [0.717, 1.165) is 28.5 Å². The van der Waals surface area contributed by atoms with Crippen molar-refractivity contribution in [2.45, 2.75) is 32.6 Å². The van der Waals surface area contributed by atoms with Gasteiger partial charge in [0.25, 0.3) is 0 Å². The Kier molecular flexibility index (Phi) is 4.66. The molecule has 3 heteroatoms. The van der Waals surface area contributed by atoms with Gasteiger partial charge in [0.2, 0.25) is 0 Å². The van der Waals surface area contributed by atoms with Crippen LogP contribution in [0.1, 0.15) is 38.2 Å². The van der Waals surface area contributed by atoms with Crippen LogP contribution < -0.4 is 5.32 Å². The first-order chi connectivity index (χ1) is 8.69. The maximum absolute atomic E-state index is 8.87. The fourth-order valence-electron chi connectivity index (χ4n) is 2.51. The summed E-state index contributed by atoms with van der Waals surface area (Å²) in [6.45, 7) is 3.40. The van der Waals surface area contributed by atoms with Crippen LogP contribution in [0.4, 0.5) is 5.69 Å². The maximum atomic E-state index is 8.87. The lowest BCUT2D eigenvalue weighted by Gasteiger charge is -2.26. The van der Waals surface area contributed by atoms with Gasteiger partial charge in [-0.25, -0.2) is 0 Å². The van der Waals surface area contributed by atoms with E-state index in [1.54, 1.807) is 0 Å². The van der Waals surface area contributed by atoms with Crippen molar-refractivity contribution in [3.8, 4) is 6.07 Å². The molecule has 0 aliphatic heterocycles. The van der Waals surface area contributed by atoms with E-state index >= 15 is 0 Å². The molecule has 0 spiro atoms. The van der Waals surface area contributed by atoms with Crippen LogP contribution in [0.25, 0.3) is 0 Å². The average Bonchev–Trinajstić information content (AvgIpc) is 2.38. The Morgan fingerprint density at radius 2 is 2.06 bits per heavy atom. The molecule has 0 radical (unpaired) electrons. The molecule has 1 N–H and O–H groups in total. The van der Waals surface area contributed by atoms with Crippen LogP contribution in [0, 0.1) is 23.2 Å². The third-order valence-electron chi connectivity index (χ3n) is 3.82. The highest BCUT2D eigenvalue weighted by Gasteiger charge is 2.17. The van der Waals surface area contributed by atoms with Crippen molar-refractivity contribution in [1.82, 2.24) is 0 Å². The van der Waals surface area contributed by atoms with Gasteiger partial charge in [-0.3, -0.25) is 0 Å². The highest BCUT2D eigenvalue weighted by atomic mass is 79.9. The van der Waals surface area contributed by atoms with Gasteiger partial charge in [0, 0.05) is 16.7 Å². The zero-order valence-electron chi connectivity index (χ0n) is 10.7. The summed E-state index contributed by atoms with van der Waals surface area (Å²) in [7, 11) is 0. The van der Waals surface area contributed by atoms with Gasteiger partial charge >= 0.3 is 0 Å². The first-order valence-corrected chi connectivity index (χ1v) is 7.42. The van der Waals surface area contributed by atoms with Gasteiger partial charge in [-0.1, -0.05) is 19.8 Å². The summed E-state index contributed by atoms with van der Waals surface area (Å²) >= 11 is 3.42. The molecule has 1 aromatic rings. The van der Waals surface area contributed by atoms with Gasteiger partial charge < -0.3 is 5.32 Å². The summed E-state index contributed by atoms with van der Waals surface area (Å²) in [4.78, 5) is 0. The Hall–Kier alpha value is -1.01. The number of benzene rings is 1. The molecule has 1 fully saturated rings. The monoisotopic (exact) mass is 306 g/mol. The van der Waals surface area contributed by atoms with Gasteiger partial charge in [-0.15, -0.1) is 0 Å². The lowest BCUT2D eigenvalue weighted by Crippen LogP contribution is -2.20. The summed E-state index contributed by atoms with van der Waals surface area (Å²) in [6, 6.07) is 7.99. The van der Waals surface area contributed by atoms with Crippen LogP contribution in [-0.2, 0) is 0 Å². The summed E-state index contributed by atoms with van der Waals surface area (Å²) < 4.78 is 0.868. The van der Waals surface area contributed by atoms with Gasteiger partial charge in [0.1, 0.15) is 6.07 Å². The zero-order chi connectivity index (χ0) is 13.0. The molecule has 0 atom stereocenters. The quantitative estimate of drug-likeness (QED) is 0.888. The topological polar surface area (TPSA) is 35.8 Å². The lowest BCUT2D eigenvalue weighted by atomic mass is 9.83. The molecule has 2 nitrogen and oxygen atoms in total. The van der Waals surface area contributed by atoms with Crippen molar-refractivity contribution < 1.29 is 0 Å². The molecule has 1 aliphatic rings. The number of hydrogen-bond acceptors (Lipinski definition) is 2. The van der Waals surface area contributed by atoms with E-state index in [2.05, 4.69) is 34.2 Å². The minimum Gasteiger partial charge on any atom is -0.385 e. The van der Waals surface area contributed by atoms with Crippen molar-refractivity contribution in [3.63, 3.8) is 0 Å². The molecule has 0 amide bonds. The minimum absolute atomic E-state index is 0.687. The first-order valence-electron chi connectivity index (χ1n) is 6.62. The molecular formula is C15H19BrN2. The summed E-state index contributed by atoms with van der Waals surface area (Å²) in [5.74, 6) is 1.71. The summed E-state index contributed by atoms with van der Waals surface area (Å²) in [5.41, 5.74) is 1.78. The summed E-state index contributed by atoms with van der Waals surface area (Å²) in [5, 5.41) is 12.3. The number of anilines is 1. The standard InChI is InChI=1S/C15H19BrN2/c1-11-2-4-12(5-3-11)10-18-14-7-6-13(9-17)15(16)8-14/h6-8,11-12,18H,2-5,10H2,1H3. The minimum atomic E-state index is 0.687. The van der Waals surface area contributed by atoms with Crippen molar-refractivity contribution in [3.05, 3.63) is 28.2 Å². The number of halogens is 1. The van der Waals surface area contributed by atoms with E-state index < -0.39 is 0 Å². The van der Waals surface area contributed by atoms with Crippen LogP contribution >= 0.6 is 15.9 Å². The van der Waals surface area contributed by atoms with E-state index in [1.807, 2.05) is 18.2 Å². The number of nitrogens with one attached hydrogen (secondary N) is 1. The Balaban J connectivity index is 1.87. The second-order valence-corrected chi connectivity index (χ2v) is 6.17. The van der Waals surface area contributed by atoms with Crippen molar-refractivity contribution in [1.29, 1.82) is 5.26 Å². The molecule has 1 aliphatic carbocycles. The van der Waals surface area contributed by atoms with Crippen molar-refractivity contribution >= 4 is 21.6 Å². The first kappa shape index (κ1) is 13.4. The molecule has 0 unspecified atom stereocenters. The Labute approximate surface area is 118 Å². The Morgan fingerprint density at radius 3 is 2.67 bits per heavy atom. The van der Waals surface area contributed by atoms with Gasteiger partial charge in [0.15, 0.2) is 0 Å². The van der Waals surface area contributed by atoms with Crippen LogP contribution in [0.5, 0.6) is 0 Å². The molecule has 0 heterocycles. The van der Waals surface area contributed by atoms with E-state index in [9.17, 15) is 0 Å².